The number of carboxylic acid groups (broad SMARTS) is 1. The standard InChI is InChI=1S/C11H20N2O6S/c1-8-3-5-11(6-4-8,9(14)15)7-12-20(17,18)13-10(16)19-2/h8,12H,3-7H2,1-2H3,(H,13,16)(H,14,15). The maximum atomic E-state index is 11.6. The van der Waals surface area contributed by atoms with Crippen molar-refractivity contribution in [2.24, 2.45) is 11.3 Å². The van der Waals surface area contributed by atoms with Gasteiger partial charge in [0, 0.05) is 6.54 Å². The minimum absolute atomic E-state index is 0.249. The van der Waals surface area contributed by atoms with Crippen molar-refractivity contribution in [3.8, 4) is 0 Å². The molecule has 1 aliphatic carbocycles. The summed E-state index contributed by atoms with van der Waals surface area (Å²) in [6.45, 7) is 1.79. The van der Waals surface area contributed by atoms with Crippen LogP contribution in [0.1, 0.15) is 32.6 Å². The monoisotopic (exact) mass is 308 g/mol. The minimum Gasteiger partial charge on any atom is -0.481 e. The normalized spacial score (nSPS) is 26.8. The van der Waals surface area contributed by atoms with Gasteiger partial charge in [-0.05, 0) is 31.6 Å². The molecule has 0 heterocycles. The summed E-state index contributed by atoms with van der Waals surface area (Å²) in [7, 11) is -3.08. The van der Waals surface area contributed by atoms with Crippen molar-refractivity contribution >= 4 is 22.3 Å². The fourth-order valence-corrected chi connectivity index (χ4v) is 3.04. The highest BCUT2D eigenvalue weighted by Gasteiger charge is 2.42. The molecule has 0 unspecified atom stereocenters. The topological polar surface area (TPSA) is 122 Å². The van der Waals surface area contributed by atoms with E-state index >= 15 is 0 Å². The molecule has 1 amide bonds. The van der Waals surface area contributed by atoms with Gasteiger partial charge in [-0.1, -0.05) is 6.92 Å². The molecule has 0 atom stereocenters. The van der Waals surface area contributed by atoms with Crippen LogP contribution < -0.4 is 9.44 Å². The molecule has 0 spiro atoms. The van der Waals surface area contributed by atoms with Gasteiger partial charge in [-0.2, -0.15) is 13.1 Å². The first-order valence-electron chi connectivity index (χ1n) is 6.29. The molecule has 1 aliphatic rings. The molecule has 116 valence electrons. The van der Waals surface area contributed by atoms with Crippen LogP contribution in [0.2, 0.25) is 0 Å². The number of carboxylic acids is 1. The number of carbonyl (C=O) groups is 2. The quantitative estimate of drug-likeness (QED) is 0.678. The first kappa shape index (κ1) is 16.7. The summed E-state index contributed by atoms with van der Waals surface area (Å²) < 4.78 is 31.0. The van der Waals surface area contributed by atoms with Gasteiger partial charge in [0.15, 0.2) is 0 Å². The van der Waals surface area contributed by atoms with Crippen LogP contribution in [0.3, 0.4) is 0 Å². The number of ether oxygens (including phenoxy) is 1. The third-order valence-electron chi connectivity index (χ3n) is 3.69. The summed E-state index contributed by atoms with van der Waals surface area (Å²) in [6, 6.07) is 0. The zero-order valence-electron chi connectivity index (χ0n) is 11.5. The van der Waals surface area contributed by atoms with E-state index in [1.165, 1.54) is 0 Å². The number of rotatable bonds is 5. The predicted molar refractivity (Wildman–Crippen MR) is 70.2 cm³/mol. The number of nitrogens with one attached hydrogen (secondary N) is 2. The second-order valence-electron chi connectivity index (χ2n) is 5.19. The minimum atomic E-state index is -4.12. The number of methoxy groups -OCH3 is 1. The number of carbonyl (C=O) groups excluding carboxylic acids is 1. The van der Waals surface area contributed by atoms with Crippen molar-refractivity contribution in [3.63, 3.8) is 0 Å². The van der Waals surface area contributed by atoms with E-state index in [-0.39, 0.29) is 6.54 Å². The Morgan fingerprint density at radius 2 is 1.90 bits per heavy atom. The van der Waals surface area contributed by atoms with E-state index in [0.717, 1.165) is 20.0 Å². The van der Waals surface area contributed by atoms with Gasteiger partial charge in [0.1, 0.15) is 0 Å². The molecule has 9 heteroatoms. The van der Waals surface area contributed by atoms with Gasteiger partial charge < -0.3 is 9.84 Å². The Balaban J connectivity index is 2.69. The molecule has 1 fully saturated rings. The second-order valence-corrected chi connectivity index (χ2v) is 6.69. The van der Waals surface area contributed by atoms with Gasteiger partial charge in [-0.3, -0.25) is 4.79 Å². The molecule has 20 heavy (non-hydrogen) atoms. The van der Waals surface area contributed by atoms with Crippen molar-refractivity contribution < 1.29 is 27.9 Å². The van der Waals surface area contributed by atoms with Crippen molar-refractivity contribution in [2.75, 3.05) is 13.7 Å². The van der Waals surface area contributed by atoms with E-state index in [1.54, 1.807) is 4.72 Å². The highest BCUT2D eigenvalue weighted by Crippen LogP contribution is 2.38. The van der Waals surface area contributed by atoms with Gasteiger partial charge in [-0.15, -0.1) is 0 Å². The SMILES string of the molecule is COC(=O)NS(=O)(=O)NCC1(C(=O)O)CCC(C)CC1. The van der Waals surface area contributed by atoms with Crippen LogP contribution in [-0.4, -0.2) is 39.2 Å². The summed E-state index contributed by atoms with van der Waals surface area (Å²) in [5.41, 5.74) is -1.11. The Hall–Kier alpha value is -1.35. The van der Waals surface area contributed by atoms with E-state index < -0.39 is 27.7 Å². The van der Waals surface area contributed by atoms with Crippen LogP contribution >= 0.6 is 0 Å². The Bertz CT molecular complexity index is 467. The molecular formula is C11H20N2O6S. The highest BCUT2D eigenvalue weighted by atomic mass is 32.2. The summed E-state index contributed by atoms with van der Waals surface area (Å²) in [5.74, 6) is -0.586. The molecule has 0 aromatic heterocycles. The maximum Gasteiger partial charge on any atom is 0.421 e. The first-order valence-corrected chi connectivity index (χ1v) is 7.78. The average Bonchev–Trinajstić information content (AvgIpc) is 2.37. The van der Waals surface area contributed by atoms with Gasteiger partial charge in [0.2, 0.25) is 0 Å². The van der Waals surface area contributed by atoms with E-state index in [1.807, 2.05) is 6.92 Å². The molecule has 0 aromatic rings. The van der Waals surface area contributed by atoms with Crippen molar-refractivity contribution in [1.82, 2.24) is 9.44 Å². The number of aliphatic carboxylic acids is 1. The largest absolute Gasteiger partial charge is 0.481 e. The number of hydrogen-bond donors (Lipinski definition) is 3. The molecule has 0 bridgehead atoms. The highest BCUT2D eigenvalue weighted by molar-refractivity contribution is 7.88. The predicted octanol–water partition coefficient (Wildman–Crippen LogP) is 0.458. The zero-order chi connectivity index (χ0) is 15.4. The summed E-state index contributed by atoms with van der Waals surface area (Å²) in [5, 5.41) is 9.35. The lowest BCUT2D eigenvalue weighted by molar-refractivity contribution is -0.151. The van der Waals surface area contributed by atoms with Crippen molar-refractivity contribution in [2.45, 2.75) is 32.6 Å². The average molecular weight is 308 g/mol. The van der Waals surface area contributed by atoms with Crippen LogP contribution in [0.15, 0.2) is 0 Å². The first-order chi connectivity index (χ1) is 9.21. The lowest BCUT2D eigenvalue weighted by Gasteiger charge is -2.35. The van der Waals surface area contributed by atoms with Gasteiger partial charge in [0.25, 0.3) is 0 Å². The van der Waals surface area contributed by atoms with E-state index in [0.29, 0.717) is 18.8 Å². The number of amides is 1. The van der Waals surface area contributed by atoms with Crippen LogP contribution in [0.4, 0.5) is 4.79 Å². The molecule has 0 radical (unpaired) electrons. The summed E-state index contributed by atoms with van der Waals surface area (Å²) in [6.07, 6.45) is 1.16. The lowest BCUT2D eigenvalue weighted by Crippen LogP contribution is -2.49. The van der Waals surface area contributed by atoms with Gasteiger partial charge in [0.05, 0.1) is 12.5 Å². The molecule has 0 aromatic carbocycles. The van der Waals surface area contributed by atoms with Crippen LogP contribution in [-0.2, 0) is 19.7 Å². The fourth-order valence-electron chi connectivity index (χ4n) is 2.20. The molecule has 3 N–H and O–H groups in total. The Kier molecular flexibility index (Phi) is 5.35. The number of hydrogen-bond acceptors (Lipinski definition) is 5. The summed E-state index contributed by atoms with van der Waals surface area (Å²) in [4.78, 5) is 22.3. The molecule has 1 saturated carbocycles. The van der Waals surface area contributed by atoms with Crippen LogP contribution in [0.25, 0.3) is 0 Å². The van der Waals surface area contributed by atoms with Crippen molar-refractivity contribution in [3.05, 3.63) is 0 Å². The lowest BCUT2D eigenvalue weighted by atomic mass is 9.71. The Labute approximate surface area is 118 Å². The maximum absolute atomic E-state index is 11.6. The smallest absolute Gasteiger partial charge is 0.421 e. The van der Waals surface area contributed by atoms with Gasteiger partial charge >= 0.3 is 22.3 Å². The van der Waals surface area contributed by atoms with E-state index in [2.05, 4.69) is 9.46 Å². The summed E-state index contributed by atoms with van der Waals surface area (Å²) >= 11 is 0. The van der Waals surface area contributed by atoms with E-state index in [4.69, 9.17) is 0 Å². The zero-order valence-corrected chi connectivity index (χ0v) is 12.3. The molecular weight excluding hydrogens is 288 g/mol. The Morgan fingerprint density at radius 1 is 1.35 bits per heavy atom. The van der Waals surface area contributed by atoms with Crippen molar-refractivity contribution in [1.29, 1.82) is 0 Å². The Morgan fingerprint density at radius 3 is 2.35 bits per heavy atom. The fraction of sp³-hybridized carbons (Fsp3) is 0.818. The third-order valence-corrected chi connectivity index (χ3v) is 4.65. The van der Waals surface area contributed by atoms with Gasteiger partial charge in [-0.25, -0.2) is 9.52 Å². The molecule has 1 rings (SSSR count). The second kappa shape index (κ2) is 6.40. The van der Waals surface area contributed by atoms with E-state index in [9.17, 15) is 23.1 Å². The molecule has 0 saturated heterocycles. The van der Waals surface area contributed by atoms with Crippen LogP contribution in [0.5, 0.6) is 0 Å². The van der Waals surface area contributed by atoms with Crippen LogP contribution in [0, 0.1) is 11.3 Å². The third kappa shape index (κ3) is 4.34. The molecule has 8 nitrogen and oxygen atoms in total. The molecule has 0 aliphatic heterocycles.